The van der Waals surface area contributed by atoms with Crippen molar-refractivity contribution in [3.05, 3.63) is 55.2 Å². The standard InChI is InChI=1S/C16H18IO2/c1-4-12-5-6-14(11-16(12)19-3)17-13-7-9-15(18-2)10-8-13/h5-11H,4H2,1-3H3/q-1. The van der Waals surface area contributed by atoms with Gasteiger partial charge in [-0.15, -0.1) is 0 Å². The Morgan fingerprint density at radius 3 is 2.16 bits per heavy atom. The number of rotatable bonds is 5. The first-order valence-corrected chi connectivity index (χ1v) is 8.38. The van der Waals surface area contributed by atoms with E-state index in [1.807, 2.05) is 12.1 Å². The summed E-state index contributed by atoms with van der Waals surface area (Å²) in [5.41, 5.74) is 1.27. The molecule has 0 aliphatic heterocycles. The molecule has 0 aliphatic rings. The van der Waals surface area contributed by atoms with E-state index in [1.165, 1.54) is 12.7 Å². The molecule has 0 N–H and O–H groups in total. The van der Waals surface area contributed by atoms with Crippen LogP contribution in [0.1, 0.15) is 12.5 Å². The molecule has 0 amide bonds. The van der Waals surface area contributed by atoms with Gasteiger partial charge in [-0.2, -0.15) is 0 Å². The number of aryl methyl sites for hydroxylation is 1. The molecular weight excluding hydrogens is 351 g/mol. The van der Waals surface area contributed by atoms with Crippen LogP contribution in [-0.2, 0) is 6.42 Å². The molecule has 2 rings (SSSR count). The van der Waals surface area contributed by atoms with Gasteiger partial charge in [0.05, 0.1) is 0 Å². The van der Waals surface area contributed by atoms with Gasteiger partial charge in [0.2, 0.25) is 0 Å². The Morgan fingerprint density at radius 1 is 0.895 bits per heavy atom. The topological polar surface area (TPSA) is 18.5 Å². The molecule has 0 atom stereocenters. The van der Waals surface area contributed by atoms with E-state index in [9.17, 15) is 0 Å². The van der Waals surface area contributed by atoms with Crippen LogP contribution in [0.15, 0.2) is 42.5 Å². The van der Waals surface area contributed by atoms with E-state index in [2.05, 4.69) is 37.3 Å². The fourth-order valence-corrected chi connectivity index (χ4v) is 4.07. The van der Waals surface area contributed by atoms with Gasteiger partial charge in [0.25, 0.3) is 0 Å². The molecule has 0 heterocycles. The molecule has 0 aliphatic carbocycles. The summed E-state index contributed by atoms with van der Waals surface area (Å²) in [4.78, 5) is 0. The van der Waals surface area contributed by atoms with Gasteiger partial charge >= 0.3 is 125 Å². The van der Waals surface area contributed by atoms with Gasteiger partial charge in [-0.3, -0.25) is 0 Å². The zero-order chi connectivity index (χ0) is 13.7. The van der Waals surface area contributed by atoms with Crippen molar-refractivity contribution < 1.29 is 30.7 Å². The van der Waals surface area contributed by atoms with Crippen LogP contribution >= 0.6 is 0 Å². The fourth-order valence-electron chi connectivity index (χ4n) is 1.83. The molecule has 0 spiro atoms. The monoisotopic (exact) mass is 369 g/mol. The number of hydrogen-bond acceptors (Lipinski definition) is 2. The minimum absolute atomic E-state index is 0.166. The molecule has 2 nitrogen and oxygen atoms in total. The Bertz CT molecular complexity index is 535. The predicted octanol–water partition coefficient (Wildman–Crippen LogP) is 0.395. The third-order valence-electron chi connectivity index (χ3n) is 2.90. The van der Waals surface area contributed by atoms with Gasteiger partial charge in [-0.05, 0) is 0 Å². The first kappa shape index (κ1) is 14.2. The summed E-state index contributed by atoms with van der Waals surface area (Å²) in [5.74, 6) is 1.92. The molecule has 19 heavy (non-hydrogen) atoms. The summed E-state index contributed by atoms with van der Waals surface area (Å²) in [6.07, 6.45) is 1.00. The zero-order valence-corrected chi connectivity index (χ0v) is 13.6. The Morgan fingerprint density at radius 2 is 1.58 bits per heavy atom. The van der Waals surface area contributed by atoms with Gasteiger partial charge in [0.15, 0.2) is 0 Å². The zero-order valence-electron chi connectivity index (χ0n) is 11.4. The maximum atomic E-state index is 5.45. The SMILES string of the molecule is CCc1ccc([I-]c2ccc(OC)cc2)cc1OC. The van der Waals surface area contributed by atoms with Gasteiger partial charge in [-0.25, -0.2) is 0 Å². The van der Waals surface area contributed by atoms with Crippen LogP contribution in [-0.4, -0.2) is 14.2 Å². The van der Waals surface area contributed by atoms with Gasteiger partial charge in [0, 0.05) is 0 Å². The van der Waals surface area contributed by atoms with E-state index in [1.54, 1.807) is 14.2 Å². The molecule has 102 valence electrons. The quantitative estimate of drug-likeness (QED) is 0.711. The second kappa shape index (κ2) is 6.80. The van der Waals surface area contributed by atoms with Crippen molar-refractivity contribution in [2.75, 3.05) is 14.2 Å². The number of hydrogen-bond donors (Lipinski definition) is 0. The third kappa shape index (κ3) is 3.62. The van der Waals surface area contributed by atoms with Crippen LogP contribution in [0.5, 0.6) is 11.5 Å². The summed E-state index contributed by atoms with van der Waals surface area (Å²) in [6.45, 7) is 2.15. The molecule has 0 saturated carbocycles. The van der Waals surface area contributed by atoms with Crippen molar-refractivity contribution in [1.29, 1.82) is 0 Å². The molecular formula is C16H18IO2-. The molecule has 0 fully saturated rings. The fraction of sp³-hybridized carbons (Fsp3) is 0.250. The Hall–Kier alpha value is -1.23. The third-order valence-corrected chi connectivity index (χ3v) is 5.53. The summed E-state index contributed by atoms with van der Waals surface area (Å²) in [6, 6.07) is 14.9. The summed E-state index contributed by atoms with van der Waals surface area (Å²) in [5, 5.41) is 0. The van der Waals surface area contributed by atoms with Crippen LogP contribution in [0, 0.1) is 7.14 Å². The minimum atomic E-state index is -0.166. The maximum absolute atomic E-state index is 5.45. The second-order valence-corrected chi connectivity index (χ2v) is 7.09. The summed E-state index contributed by atoms with van der Waals surface area (Å²) in [7, 11) is 3.43. The van der Waals surface area contributed by atoms with Crippen LogP contribution in [0.3, 0.4) is 0 Å². The second-order valence-electron chi connectivity index (χ2n) is 4.06. The predicted molar refractivity (Wildman–Crippen MR) is 72.8 cm³/mol. The van der Waals surface area contributed by atoms with Crippen molar-refractivity contribution in [2.45, 2.75) is 13.3 Å². The van der Waals surface area contributed by atoms with E-state index in [0.29, 0.717) is 0 Å². The molecule has 0 unspecified atom stereocenters. The number of ether oxygens (including phenoxy) is 2. The molecule has 2 aromatic carbocycles. The first-order valence-electron chi connectivity index (χ1n) is 6.22. The first-order chi connectivity index (χ1) is 9.26. The Balaban J connectivity index is 2.18. The van der Waals surface area contributed by atoms with Crippen molar-refractivity contribution in [3.8, 4) is 11.5 Å². The molecule has 0 aromatic heterocycles. The molecule has 0 saturated heterocycles. The van der Waals surface area contributed by atoms with Crippen LogP contribution in [0.2, 0.25) is 0 Å². The summed E-state index contributed by atoms with van der Waals surface area (Å²) >= 11 is -0.166. The molecule has 0 radical (unpaired) electrons. The number of methoxy groups -OCH3 is 2. The van der Waals surface area contributed by atoms with E-state index >= 15 is 0 Å². The van der Waals surface area contributed by atoms with E-state index in [4.69, 9.17) is 9.47 Å². The summed E-state index contributed by atoms with van der Waals surface area (Å²) < 4.78 is 13.4. The normalized spacial score (nSPS) is 10.5. The van der Waals surface area contributed by atoms with Crippen LogP contribution < -0.4 is 30.7 Å². The van der Waals surface area contributed by atoms with Crippen molar-refractivity contribution >= 4 is 0 Å². The Kier molecular flexibility index (Phi) is 5.07. The number of halogens is 1. The van der Waals surface area contributed by atoms with Crippen molar-refractivity contribution in [1.82, 2.24) is 0 Å². The average molecular weight is 369 g/mol. The molecule has 2 aromatic rings. The Labute approximate surface area is 125 Å². The van der Waals surface area contributed by atoms with Gasteiger partial charge in [0.1, 0.15) is 0 Å². The van der Waals surface area contributed by atoms with E-state index < -0.39 is 0 Å². The molecule has 3 heteroatoms. The molecule has 0 bridgehead atoms. The van der Waals surface area contributed by atoms with E-state index in [0.717, 1.165) is 17.9 Å². The van der Waals surface area contributed by atoms with E-state index in [-0.39, 0.29) is 21.2 Å². The van der Waals surface area contributed by atoms with Crippen LogP contribution in [0.25, 0.3) is 0 Å². The van der Waals surface area contributed by atoms with Crippen molar-refractivity contribution in [2.24, 2.45) is 0 Å². The number of benzene rings is 2. The average Bonchev–Trinajstić information content (AvgIpc) is 2.48. The van der Waals surface area contributed by atoms with Gasteiger partial charge in [-0.1, -0.05) is 0 Å². The van der Waals surface area contributed by atoms with Crippen molar-refractivity contribution in [3.63, 3.8) is 0 Å². The van der Waals surface area contributed by atoms with Gasteiger partial charge < -0.3 is 0 Å². The van der Waals surface area contributed by atoms with Crippen LogP contribution in [0.4, 0.5) is 0 Å².